The molecule has 0 saturated heterocycles. The fourth-order valence-electron chi connectivity index (χ4n) is 1.46. The van der Waals surface area contributed by atoms with Gasteiger partial charge in [-0.15, -0.1) is 0 Å². The molecule has 0 aliphatic rings. The number of aromatic nitrogens is 1. The van der Waals surface area contributed by atoms with Crippen molar-refractivity contribution in [3.05, 3.63) is 29.5 Å². The van der Waals surface area contributed by atoms with E-state index in [0.29, 0.717) is 5.69 Å². The van der Waals surface area contributed by atoms with E-state index in [4.69, 9.17) is 5.73 Å². The molecule has 3 N–H and O–H groups in total. The number of anilines is 1. The maximum atomic E-state index is 9.39. The first kappa shape index (κ1) is 8.81. The lowest BCUT2D eigenvalue weighted by atomic mass is 10.1. The smallest absolute Gasteiger partial charge is 0.157 e. The SMILES string of the molecule is Cc1cc2ncc(O)c(N)c2cc1C. The molecule has 72 valence electrons. The summed E-state index contributed by atoms with van der Waals surface area (Å²) < 4.78 is 0. The van der Waals surface area contributed by atoms with Crippen molar-refractivity contribution >= 4 is 16.6 Å². The summed E-state index contributed by atoms with van der Waals surface area (Å²) in [5.74, 6) is 0.0424. The minimum atomic E-state index is 0.0424. The third-order valence-corrected chi connectivity index (χ3v) is 2.50. The third kappa shape index (κ3) is 1.18. The molecule has 0 aliphatic heterocycles. The van der Waals surface area contributed by atoms with Crippen molar-refractivity contribution in [3.8, 4) is 5.75 Å². The van der Waals surface area contributed by atoms with Gasteiger partial charge in [0.25, 0.3) is 0 Å². The lowest BCUT2D eigenvalue weighted by Gasteiger charge is -2.06. The summed E-state index contributed by atoms with van der Waals surface area (Å²) in [7, 11) is 0. The Hall–Kier alpha value is -1.77. The summed E-state index contributed by atoms with van der Waals surface area (Å²) >= 11 is 0. The van der Waals surface area contributed by atoms with Crippen LogP contribution in [0.25, 0.3) is 10.9 Å². The Bertz CT molecular complexity index is 506. The number of hydrogen-bond donors (Lipinski definition) is 2. The van der Waals surface area contributed by atoms with Gasteiger partial charge < -0.3 is 10.8 Å². The number of hydrogen-bond acceptors (Lipinski definition) is 3. The van der Waals surface area contributed by atoms with E-state index in [0.717, 1.165) is 16.5 Å². The van der Waals surface area contributed by atoms with Gasteiger partial charge in [-0.1, -0.05) is 0 Å². The van der Waals surface area contributed by atoms with Crippen LogP contribution in [0, 0.1) is 13.8 Å². The number of fused-ring (bicyclic) bond motifs is 1. The molecule has 3 nitrogen and oxygen atoms in total. The highest BCUT2D eigenvalue weighted by Crippen LogP contribution is 2.29. The van der Waals surface area contributed by atoms with Gasteiger partial charge in [-0.3, -0.25) is 4.98 Å². The Balaban J connectivity index is 2.89. The fourth-order valence-corrected chi connectivity index (χ4v) is 1.46. The Morgan fingerprint density at radius 2 is 1.86 bits per heavy atom. The summed E-state index contributed by atoms with van der Waals surface area (Å²) in [6, 6.07) is 3.92. The molecule has 0 amide bonds. The molecule has 1 aromatic carbocycles. The number of nitrogens with two attached hydrogens (primary N) is 1. The van der Waals surface area contributed by atoms with Crippen molar-refractivity contribution in [2.75, 3.05) is 5.73 Å². The molecule has 14 heavy (non-hydrogen) atoms. The van der Waals surface area contributed by atoms with Crippen LogP contribution >= 0.6 is 0 Å². The third-order valence-electron chi connectivity index (χ3n) is 2.50. The average Bonchev–Trinajstić information content (AvgIpc) is 2.15. The number of rotatable bonds is 0. The minimum absolute atomic E-state index is 0.0424. The van der Waals surface area contributed by atoms with Gasteiger partial charge in [-0.25, -0.2) is 0 Å². The van der Waals surface area contributed by atoms with Crippen LogP contribution in [-0.4, -0.2) is 10.1 Å². The van der Waals surface area contributed by atoms with Crippen molar-refractivity contribution in [3.63, 3.8) is 0 Å². The molecule has 1 heterocycles. The van der Waals surface area contributed by atoms with Crippen LogP contribution in [0.4, 0.5) is 5.69 Å². The highest BCUT2D eigenvalue weighted by Gasteiger charge is 2.05. The standard InChI is InChI=1S/C11H12N2O/c1-6-3-8-9(4-7(6)2)13-5-10(14)11(8)12/h3-5,14H,1-2H3,(H2,12,13). The molecule has 0 radical (unpaired) electrons. The van der Waals surface area contributed by atoms with Gasteiger partial charge in [0.05, 0.1) is 17.4 Å². The van der Waals surface area contributed by atoms with Crippen molar-refractivity contribution in [2.45, 2.75) is 13.8 Å². The quantitative estimate of drug-likeness (QED) is 0.665. The van der Waals surface area contributed by atoms with Crippen LogP contribution in [0.5, 0.6) is 5.75 Å². The van der Waals surface area contributed by atoms with Crippen LogP contribution in [0.2, 0.25) is 0 Å². The predicted molar refractivity (Wildman–Crippen MR) is 57.3 cm³/mol. The van der Waals surface area contributed by atoms with E-state index >= 15 is 0 Å². The first-order valence-electron chi connectivity index (χ1n) is 4.44. The van der Waals surface area contributed by atoms with Crippen LogP contribution < -0.4 is 5.73 Å². The highest BCUT2D eigenvalue weighted by molar-refractivity contribution is 5.93. The van der Waals surface area contributed by atoms with Crippen molar-refractivity contribution in [1.82, 2.24) is 4.98 Å². The average molecular weight is 188 g/mol. The maximum absolute atomic E-state index is 9.39. The van der Waals surface area contributed by atoms with Crippen molar-refractivity contribution in [2.24, 2.45) is 0 Å². The number of aryl methyl sites for hydroxylation is 2. The fraction of sp³-hybridized carbons (Fsp3) is 0.182. The van der Waals surface area contributed by atoms with Crippen LogP contribution in [0.15, 0.2) is 18.3 Å². The molecule has 0 spiro atoms. The Morgan fingerprint density at radius 3 is 2.57 bits per heavy atom. The normalized spacial score (nSPS) is 10.7. The van der Waals surface area contributed by atoms with E-state index < -0.39 is 0 Å². The lowest BCUT2D eigenvalue weighted by Crippen LogP contribution is -1.92. The lowest BCUT2D eigenvalue weighted by molar-refractivity contribution is 0.476. The number of benzene rings is 1. The molecule has 0 atom stereocenters. The van der Waals surface area contributed by atoms with Gasteiger partial charge in [-0.05, 0) is 37.1 Å². The number of aromatic hydroxyl groups is 1. The van der Waals surface area contributed by atoms with Gasteiger partial charge in [0.2, 0.25) is 0 Å². The van der Waals surface area contributed by atoms with E-state index in [1.165, 1.54) is 11.8 Å². The van der Waals surface area contributed by atoms with Crippen LogP contribution in [0.3, 0.4) is 0 Å². The number of nitrogen functional groups attached to an aromatic ring is 1. The van der Waals surface area contributed by atoms with Gasteiger partial charge in [0.15, 0.2) is 5.75 Å². The zero-order chi connectivity index (χ0) is 10.3. The van der Waals surface area contributed by atoms with E-state index in [-0.39, 0.29) is 5.75 Å². The molecular weight excluding hydrogens is 176 g/mol. The van der Waals surface area contributed by atoms with Gasteiger partial charge in [-0.2, -0.15) is 0 Å². The van der Waals surface area contributed by atoms with Gasteiger partial charge in [0, 0.05) is 5.39 Å². The largest absolute Gasteiger partial charge is 0.504 e. The zero-order valence-corrected chi connectivity index (χ0v) is 8.20. The highest BCUT2D eigenvalue weighted by atomic mass is 16.3. The Kier molecular flexibility index (Phi) is 1.81. The second-order valence-electron chi connectivity index (χ2n) is 3.51. The number of nitrogens with zero attached hydrogens (tertiary/aromatic N) is 1. The summed E-state index contributed by atoms with van der Waals surface area (Å²) in [4.78, 5) is 4.11. The van der Waals surface area contributed by atoms with Crippen LogP contribution in [-0.2, 0) is 0 Å². The second kappa shape index (κ2) is 2.87. The molecule has 0 unspecified atom stereocenters. The summed E-state index contributed by atoms with van der Waals surface area (Å²) in [6.07, 6.45) is 1.38. The summed E-state index contributed by atoms with van der Waals surface area (Å²) in [5.41, 5.74) is 9.30. The minimum Gasteiger partial charge on any atom is -0.504 e. The van der Waals surface area contributed by atoms with Crippen molar-refractivity contribution < 1.29 is 5.11 Å². The molecule has 0 fully saturated rings. The number of pyridine rings is 1. The Morgan fingerprint density at radius 1 is 1.21 bits per heavy atom. The summed E-state index contributed by atoms with van der Waals surface area (Å²) in [5, 5.41) is 10.2. The maximum Gasteiger partial charge on any atom is 0.157 e. The molecule has 2 rings (SSSR count). The second-order valence-corrected chi connectivity index (χ2v) is 3.51. The van der Waals surface area contributed by atoms with E-state index in [1.54, 1.807) is 0 Å². The van der Waals surface area contributed by atoms with Gasteiger partial charge in [0.1, 0.15) is 0 Å². The molecule has 0 bridgehead atoms. The molecule has 0 saturated carbocycles. The Labute approximate surface area is 82.2 Å². The first-order chi connectivity index (χ1) is 6.59. The molecule has 1 aromatic heterocycles. The molecule has 3 heteroatoms. The van der Waals surface area contributed by atoms with E-state index in [2.05, 4.69) is 4.98 Å². The van der Waals surface area contributed by atoms with Crippen molar-refractivity contribution in [1.29, 1.82) is 0 Å². The van der Waals surface area contributed by atoms with E-state index in [9.17, 15) is 5.11 Å². The molecule has 2 aromatic rings. The van der Waals surface area contributed by atoms with E-state index in [1.807, 2.05) is 26.0 Å². The molecule has 0 aliphatic carbocycles. The topological polar surface area (TPSA) is 59.1 Å². The molecular formula is C11H12N2O. The van der Waals surface area contributed by atoms with Gasteiger partial charge >= 0.3 is 0 Å². The predicted octanol–water partition coefficient (Wildman–Crippen LogP) is 2.14. The first-order valence-corrected chi connectivity index (χ1v) is 4.44. The van der Waals surface area contributed by atoms with Crippen LogP contribution in [0.1, 0.15) is 11.1 Å². The summed E-state index contributed by atoms with van der Waals surface area (Å²) in [6.45, 7) is 4.04. The zero-order valence-electron chi connectivity index (χ0n) is 8.20. The monoisotopic (exact) mass is 188 g/mol.